The van der Waals surface area contributed by atoms with Crippen LogP contribution in [-0.4, -0.2) is 37.0 Å². The average Bonchev–Trinajstić information content (AvgIpc) is 2.81. The molecule has 104 valence electrons. The molecule has 0 spiro atoms. The number of thiophene rings is 1. The summed E-state index contributed by atoms with van der Waals surface area (Å²) in [5.74, 6) is -0.592. The SMILES string of the molecule is CCCN(CC(=O)OC)C(=O)/C=C/c1ccc(Br)s1. The average molecular weight is 346 g/mol. The molecule has 4 nitrogen and oxygen atoms in total. The minimum atomic E-state index is -0.408. The Labute approximate surface area is 125 Å². The summed E-state index contributed by atoms with van der Waals surface area (Å²) in [6, 6.07) is 3.84. The summed E-state index contributed by atoms with van der Waals surface area (Å²) in [6.07, 6.45) is 4.02. The molecule has 1 rings (SSSR count). The summed E-state index contributed by atoms with van der Waals surface area (Å²) < 4.78 is 5.60. The molecule has 0 aliphatic carbocycles. The highest BCUT2D eigenvalue weighted by atomic mass is 79.9. The maximum absolute atomic E-state index is 12.0. The highest BCUT2D eigenvalue weighted by Gasteiger charge is 2.14. The van der Waals surface area contributed by atoms with Crippen molar-refractivity contribution in [3.8, 4) is 0 Å². The van der Waals surface area contributed by atoms with Gasteiger partial charge in [0.05, 0.1) is 10.9 Å². The van der Waals surface area contributed by atoms with Crippen molar-refractivity contribution in [3.05, 3.63) is 26.9 Å². The van der Waals surface area contributed by atoms with E-state index in [9.17, 15) is 9.59 Å². The van der Waals surface area contributed by atoms with Crippen molar-refractivity contribution in [1.29, 1.82) is 0 Å². The third-order valence-electron chi connectivity index (χ3n) is 2.34. The number of esters is 1. The maximum atomic E-state index is 12.0. The largest absolute Gasteiger partial charge is 0.468 e. The number of methoxy groups -OCH3 is 1. The standard InChI is InChI=1S/C13H16BrNO3S/c1-3-8-15(9-13(17)18-2)12(16)7-5-10-4-6-11(14)19-10/h4-7H,3,8-9H2,1-2H3/b7-5+. The Hall–Kier alpha value is -1.14. The van der Waals surface area contributed by atoms with Crippen molar-refractivity contribution in [2.75, 3.05) is 20.2 Å². The summed E-state index contributed by atoms with van der Waals surface area (Å²) in [5.41, 5.74) is 0. The molecule has 0 aromatic carbocycles. The van der Waals surface area contributed by atoms with Gasteiger partial charge in [0.25, 0.3) is 0 Å². The molecule has 0 aliphatic heterocycles. The van der Waals surface area contributed by atoms with Crippen LogP contribution in [0.25, 0.3) is 6.08 Å². The molecular weight excluding hydrogens is 330 g/mol. The number of ether oxygens (including phenoxy) is 1. The predicted molar refractivity (Wildman–Crippen MR) is 79.9 cm³/mol. The minimum absolute atomic E-state index is 0.0123. The van der Waals surface area contributed by atoms with Gasteiger partial charge in [-0.2, -0.15) is 0 Å². The lowest BCUT2D eigenvalue weighted by Crippen LogP contribution is -2.35. The molecule has 0 atom stereocenters. The van der Waals surface area contributed by atoms with Crippen LogP contribution in [0, 0.1) is 0 Å². The van der Waals surface area contributed by atoms with Crippen LogP contribution in [0.4, 0.5) is 0 Å². The van der Waals surface area contributed by atoms with Gasteiger partial charge in [-0.3, -0.25) is 9.59 Å². The first-order chi connectivity index (χ1) is 9.06. The number of halogens is 1. The second-order valence-electron chi connectivity index (χ2n) is 3.81. The fourth-order valence-electron chi connectivity index (χ4n) is 1.43. The molecule has 0 unspecified atom stereocenters. The molecule has 0 saturated carbocycles. The summed E-state index contributed by atoms with van der Waals surface area (Å²) in [5, 5.41) is 0. The lowest BCUT2D eigenvalue weighted by molar-refractivity contribution is -0.145. The van der Waals surface area contributed by atoms with Crippen LogP contribution < -0.4 is 0 Å². The van der Waals surface area contributed by atoms with E-state index >= 15 is 0 Å². The Morgan fingerprint density at radius 1 is 1.47 bits per heavy atom. The summed E-state index contributed by atoms with van der Waals surface area (Å²) in [7, 11) is 1.32. The highest BCUT2D eigenvalue weighted by Crippen LogP contribution is 2.23. The first kappa shape index (κ1) is 15.9. The van der Waals surface area contributed by atoms with E-state index in [4.69, 9.17) is 0 Å². The van der Waals surface area contributed by atoms with Crippen LogP contribution in [0.15, 0.2) is 22.0 Å². The van der Waals surface area contributed by atoms with E-state index in [0.29, 0.717) is 6.54 Å². The maximum Gasteiger partial charge on any atom is 0.325 e. The van der Waals surface area contributed by atoms with E-state index in [1.54, 1.807) is 17.4 Å². The predicted octanol–water partition coefficient (Wildman–Crippen LogP) is 2.94. The number of amides is 1. The molecule has 0 N–H and O–H groups in total. The van der Waals surface area contributed by atoms with Crippen molar-refractivity contribution in [2.24, 2.45) is 0 Å². The van der Waals surface area contributed by atoms with E-state index in [2.05, 4.69) is 20.7 Å². The van der Waals surface area contributed by atoms with Crippen molar-refractivity contribution >= 4 is 45.2 Å². The van der Waals surface area contributed by atoms with Gasteiger partial charge in [0.1, 0.15) is 6.54 Å². The first-order valence-electron chi connectivity index (χ1n) is 5.86. The smallest absolute Gasteiger partial charge is 0.325 e. The van der Waals surface area contributed by atoms with Crippen molar-refractivity contribution in [1.82, 2.24) is 4.90 Å². The zero-order chi connectivity index (χ0) is 14.3. The molecule has 0 bridgehead atoms. The monoisotopic (exact) mass is 345 g/mol. The quantitative estimate of drug-likeness (QED) is 0.588. The van der Waals surface area contributed by atoms with Gasteiger partial charge in [0, 0.05) is 17.5 Å². The number of carbonyl (C=O) groups excluding carboxylic acids is 2. The number of nitrogens with zero attached hydrogens (tertiary/aromatic N) is 1. The zero-order valence-corrected chi connectivity index (χ0v) is 13.3. The Kier molecular flexibility index (Phi) is 6.80. The first-order valence-corrected chi connectivity index (χ1v) is 7.47. The van der Waals surface area contributed by atoms with Gasteiger partial charge in [-0.05, 0) is 40.6 Å². The summed E-state index contributed by atoms with van der Waals surface area (Å²) in [4.78, 5) is 25.7. The highest BCUT2D eigenvalue weighted by molar-refractivity contribution is 9.11. The van der Waals surface area contributed by atoms with Gasteiger partial charge in [-0.1, -0.05) is 6.92 Å². The van der Waals surface area contributed by atoms with Crippen LogP contribution >= 0.6 is 27.3 Å². The normalized spacial score (nSPS) is 10.7. The van der Waals surface area contributed by atoms with Gasteiger partial charge in [-0.25, -0.2) is 0 Å². The summed E-state index contributed by atoms with van der Waals surface area (Å²) in [6.45, 7) is 2.48. The van der Waals surface area contributed by atoms with Crippen LogP contribution in [0.5, 0.6) is 0 Å². The lowest BCUT2D eigenvalue weighted by atomic mass is 10.3. The zero-order valence-electron chi connectivity index (χ0n) is 10.9. The Bertz CT molecular complexity index is 470. The third-order valence-corrected chi connectivity index (χ3v) is 3.93. The lowest BCUT2D eigenvalue weighted by Gasteiger charge is -2.18. The van der Waals surface area contributed by atoms with Crippen molar-refractivity contribution in [2.45, 2.75) is 13.3 Å². The molecular formula is C13H16BrNO3S. The van der Waals surface area contributed by atoms with E-state index in [0.717, 1.165) is 15.1 Å². The van der Waals surface area contributed by atoms with Crippen molar-refractivity contribution < 1.29 is 14.3 Å². The molecule has 1 aromatic rings. The van der Waals surface area contributed by atoms with Gasteiger partial charge in [0.15, 0.2) is 0 Å². The van der Waals surface area contributed by atoms with Crippen LogP contribution in [0.3, 0.4) is 0 Å². The molecule has 0 aliphatic rings. The van der Waals surface area contributed by atoms with Gasteiger partial charge < -0.3 is 9.64 Å². The van der Waals surface area contributed by atoms with E-state index in [1.165, 1.54) is 18.1 Å². The second kappa shape index (κ2) is 8.12. The number of rotatable bonds is 6. The molecule has 6 heteroatoms. The van der Waals surface area contributed by atoms with E-state index in [1.807, 2.05) is 19.1 Å². The number of carbonyl (C=O) groups is 2. The van der Waals surface area contributed by atoms with E-state index < -0.39 is 5.97 Å². The van der Waals surface area contributed by atoms with Gasteiger partial charge >= 0.3 is 5.97 Å². The molecule has 19 heavy (non-hydrogen) atoms. The fraction of sp³-hybridized carbons (Fsp3) is 0.385. The molecule has 1 aromatic heterocycles. The third kappa shape index (κ3) is 5.57. The second-order valence-corrected chi connectivity index (χ2v) is 6.31. The molecule has 0 saturated heterocycles. The molecule has 0 fully saturated rings. The molecule has 0 radical (unpaired) electrons. The number of hydrogen-bond acceptors (Lipinski definition) is 4. The minimum Gasteiger partial charge on any atom is -0.468 e. The van der Waals surface area contributed by atoms with Crippen molar-refractivity contribution in [3.63, 3.8) is 0 Å². The Morgan fingerprint density at radius 2 is 2.21 bits per heavy atom. The molecule has 1 amide bonds. The van der Waals surface area contributed by atoms with Crippen LogP contribution in [0.2, 0.25) is 0 Å². The molecule has 1 heterocycles. The number of hydrogen-bond donors (Lipinski definition) is 0. The fourth-order valence-corrected chi connectivity index (χ4v) is 2.76. The summed E-state index contributed by atoms with van der Waals surface area (Å²) >= 11 is 4.90. The van der Waals surface area contributed by atoms with Gasteiger partial charge in [-0.15, -0.1) is 11.3 Å². The topological polar surface area (TPSA) is 46.6 Å². The Balaban J connectivity index is 2.65. The van der Waals surface area contributed by atoms with Crippen LogP contribution in [-0.2, 0) is 14.3 Å². The Morgan fingerprint density at radius 3 is 2.74 bits per heavy atom. The van der Waals surface area contributed by atoms with E-state index in [-0.39, 0.29) is 12.5 Å². The van der Waals surface area contributed by atoms with Crippen LogP contribution in [0.1, 0.15) is 18.2 Å². The van der Waals surface area contributed by atoms with Gasteiger partial charge in [0.2, 0.25) is 5.91 Å².